The molecule has 2 nitrogen and oxygen atoms in total. The van der Waals surface area contributed by atoms with Gasteiger partial charge in [-0.2, -0.15) is 0 Å². The smallest absolute Gasteiger partial charge is 0.0221 e. The van der Waals surface area contributed by atoms with Crippen LogP contribution < -0.4 is 5.73 Å². The summed E-state index contributed by atoms with van der Waals surface area (Å²) in [6, 6.07) is 1.57. The first-order chi connectivity index (χ1) is 6.35. The van der Waals surface area contributed by atoms with E-state index >= 15 is 0 Å². The molecule has 1 saturated carbocycles. The summed E-state index contributed by atoms with van der Waals surface area (Å²) < 4.78 is 0. The molecule has 0 amide bonds. The molecule has 3 unspecified atom stereocenters. The minimum Gasteiger partial charge on any atom is -0.329 e. The average molecular weight is 182 g/mol. The Morgan fingerprint density at radius 2 is 2.31 bits per heavy atom. The van der Waals surface area contributed by atoms with Crippen molar-refractivity contribution in [2.24, 2.45) is 11.7 Å². The van der Waals surface area contributed by atoms with Crippen LogP contribution in [0.5, 0.6) is 0 Å². The van der Waals surface area contributed by atoms with Crippen LogP contribution in [-0.4, -0.2) is 30.1 Å². The lowest BCUT2D eigenvalue weighted by atomic mass is 10.1. The third kappa shape index (κ3) is 1.75. The van der Waals surface area contributed by atoms with Gasteiger partial charge in [0.1, 0.15) is 0 Å². The van der Waals surface area contributed by atoms with E-state index in [1.807, 2.05) is 0 Å². The Hall–Kier alpha value is -0.0800. The molecule has 1 heterocycles. The minimum absolute atomic E-state index is 0.681. The van der Waals surface area contributed by atoms with E-state index < -0.39 is 0 Å². The number of nitrogens with zero attached hydrogens (tertiary/aromatic N) is 1. The summed E-state index contributed by atoms with van der Waals surface area (Å²) >= 11 is 0. The molecule has 2 rings (SSSR count). The summed E-state index contributed by atoms with van der Waals surface area (Å²) in [7, 11) is 0. The van der Waals surface area contributed by atoms with Crippen molar-refractivity contribution in [3.63, 3.8) is 0 Å². The monoisotopic (exact) mass is 182 g/mol. The number of hydrogen-bond acceptors (Lipinski definition) is 2. The molecule has 1 saturated heterocycles. The highest BCUT2D eigenvalue weighted by Crippen LogP contribution is 2.38. The first-order valence-corrected chi connectivity index (χ1v) is 5.81. The molecule has 0 spiro atoms. The zero-order valence-corrected chi connectivity index (χ0v) is 8.71. The van der Waals surface area contributed by atoms with Crippen LogP contribution >= 0.6 is 0 Å². The maximum Gasteiger partial charge on any atom is 0.0221 e. The van der Waals surface area contributed by atoms with Gasteiger partial charge >= 0.3 is 0 Å². The predicted octanol–water partition coefficient (Wildman–Crippen LogP) is 1.60. The van der Waals surface area contributed by atoms with E-state index in [2.05, 4.69) is 11.8 Å². The molecule has 2 bridgehead atoms. The molecular weight excluding hydrogens is 160 g/mol. The highest BCUT2D eigenvalue weighted by molar-refractivity contribution is 4.95. The maximum atomic E-state index is 5.83. The van der Waals surface area contributed by atoms with Gasteiger partial charge in [0.2, 0.25) is 0 Å². The number of fused-ring (bicyclic) bond motifs is 2. The third-order valence-corrected chi connectivity index (χ3v) is 3.81. The Bertz CT molecular complexity index is 169. The lowest BCUT2D eigenvalue weighted by Crippen LogP contribution is -2.44. The second-order valence-electron chi connectivity index (χ2n) is 4.71. The van der Waals surface area contributed by atoms with Gasteiger partial charge in [0.25, 0.3) is 0 Å². The number of piperidine rings is 1. The quantitative estimate of drug-likeness (QED) is 0.715. The Kier molecular flexibility index (Phi) is 2.89. The molecule has 2 fully saturated rings. The summed E-state index contributed by atoms with van der Waals surface area (Å²) in [6.07, 6.45) is 6.94. The molecule has 0 aromatic heterocycles. The van der Waals surface area contributed by atoms with Crippen LogP contribution in [0, 0.1) is 5.92 Å². The molecule has 0 radical (unpaired) electrons. The van der Waals surface area contributed by atoms with Crippen LogP contribution in [-0.2, 0) is 0 Å². The van der Waals surface area contributed by atoms with Crippen molar-refractivity contribution < 1.29 is 0 Å². The first kappa shape index (κ1) is 9.47. The van der Waals surface area contributed by atoms with Gasteiger partial charge in [-0.25, -0.2) is 0 Å². The van der Waals surface area contributed by atoms with Gasteiger partial charge in [-0.15, -0.1) is 0 Å². The van der Waals surface area contributed by atoms with Crippen LogP contribution in [0.2, 0.25) is 0 Å². The van der Waals surface area contributed by atoms with Gasteiger partial charge in [-0.1, -0.05) is 13.3 Å². The van der Waals surface area contributed by atoms with Crippen LogP contribution in [0.1, 0.15) is 39.0 Å². The fourth-order valence-corrected chi connectivity index (χ4v) is 3.16. The normalized spacial score (nSPS) is 35.5. The lowest BCUT2D eigenvalue weighted by Gasteiger charge is -2.34. The van der Waals surface area contributed by atoms with E-state index in [0.29, 0.717) is 6.04 Å². The molecule has 13 heavy (non-hydrogen) atoms. The Labute approximate surface area is 81.5 Å². The molecule has 1 aliphatic carbocycles. The fraction of sp³-hybridized carbons (Fsp3) is 1.00. The molecule has 3 atom stereocenters. The van der Waals surface area contributed by atoms with Gasteiger partial charge < -0.3 is 5.73 Å². The van der Waals surface area contributed by atoms with Crippen molar-refractivity contribution in [3.8, 4) is 0 Å². The molecule has 2 aliphatic rings. The third-order valence-electron chi connectivity index (χ3n) is 3.81. The fourth-order valence-electron chi connectivity index (χ4n) is 3.16. The van der Waals surface area contributed by atoms with Gasteiger partial charge in [0.15, 0.2) is 0 Å². The standard InChI is InChI=1S/C11H22N2/c1-2-3-11(7-12)13-8-9-4-5-10(13)6-9/h9-11H,2-8,12H2,1H3. The average Bonchev–Trinajstić information content (AvgIpc) is 2.74. The predicted molar refractivity (Wildman–Crippen MR) is 55.6 cm³/mol. The summed E-state index contributed by atoms with van der Waals surface area (Å²) in [5.41, 5.74) is 5.83. The topological polar surface area (TPSA) is 29.3 Å². The van der Waals surface area contributed by atoms with Crippen LogP contribution in [0.15, 0.2) is 0 Å². The second-order valence-corrected chi connectivity index (χ2v) is 4.71. The summed E-state index contributed by atoms with van der Waals surface area (Å²) in [6.45, 7) is 4.46. The maximum absolute atomic E-state index is 5.83. The van der Waals surface area contributed by atoms with E-state index in [1.54, 1.807) is 0 Å². The molecule has 0 aromatic rings. The van der Waals surface area contributed by atoms with Crippen LogP contribution in [0.4, 0.5) is 0 Å². The Balaban J connectivity index is 1.92. The van der Waals surface area contributed by atoms with E-state index in [4.69, 9.17) is 5.73 Å². The number of likely N-dealkylation sites (tertiary alicyclic amines) is 1. The molecule has 0 aromatic carbocycles. The second kappa shape index (κ2) is 3.97. The van der Waals surface area contributed by atoms with Gasteiger partial charge in [0, 0.05) is 25.2 Å². The minimum atomic E-state index is 0.681. The SMILES string of the molecule is CCCC(CN)N1CC2CCC1C2. The zero-order valence-electron chi connectivity index (χ0n) is 8.71. The number of nitrogens with two attached hydrogens (primary N) is 1. The highest BCUT2D eigenvalue weighted by Gasteiger charge is 2.40. The van der Waals surface area contributed by atoms with Crippen molar-refractivity contribution in [2.75, 3.05) is 13.1 Å². The lowest BCUT2D eigenvalue weighted by molar-refractivity contribution is 0.145. The molecule has 2 heteroatoms. The van der Waals surface area contributed by atoms with Gasteiger partial charge in [-0.3, -0.25) is 4.90 Å². The largest absolute Gasteiger partial charge is 0.329 e. The Morgan fingerprint density at radius 1 is 1.46 bits per heavy atom. The summed E-state index contributed by atoms with van der Waals surface area (Å²) in [5, 5.41) is 0. The highest BCUT2D eigenvalue weighted by atomic mass is 15.2. The van der Waals surface area contributed by atoms with Crippen molar-refractivity contribution in [1.29, 1.82) is 0 Å². The molecular formula is C11H22N2. The van der Waals surface area contributed by atoms with Crippen molar-refractivity contribution >= 4 is 0 Å². The van der Waals surface area contributed by atoms with Crippen molar-refractivity contribution in [2.45, 2.75) is 51.1 Å². The summed E-state index contributed by atoms with van der Waals surface area (Å²) in [4.78, 5) is 2.69. The first-order valence-electron chi connectivity index (χ1n) is 5.81. The van der Waals surface area contributed by atoms with E-state index in [1.165, 1.54) is 38.6 Å². The van der Waals surface area contributed by atoms with Crippen molar-refractivity contribution in [1.82, 2.24) is 4.90 Å². The van der Waals surface area contributed by atoms with E-state index in [0.717, 1.165) is 18.5 Å². The van der Waals surface area contributed by atoms with E-state index in [-0.39, 0.29) is 0 Å². The molecule has 2 N–H and O–H groups in total. The molecule has 76 valence electrons. The van der Waals surface area contributed by atoms with Crippen molar-refractivity contribution in [3.05, 3.63) is 0 Å². The van der Waals surface area contributed by atoms with E-state index in [9.17, 15) is 0 Å². The van der Waals surface area contributed by atoms with Gasteiger partial charge in [0.05, 0.1) is 0 Å². The summed E-state index contributed by atoms with van der Waals surface area (Å²) in [5.74, 6) is 1.01. The number of rotatable bonds is 4. The number of hydrogen-bond donors (Lipinski definition) is 1. The zero-order chi connectivity index (χ0) is 9.26. The van der Waals surface area contributed by atoms with Crippen LogP contribution in [0.3, 0.4) is 0 Å². The molecule has 1 aliphatic heterocycles. The van der Waals surface area contributed by atoms with Gasteiger partial charge in [-0.05, 0) is 31.6 Å². The Morgan fingerprint density at radius 3 is 2.77 bits per heavy atom. The van der Waals surface area contributed by atoms with Crippen LogP contribution in [0.25, 0.3) is 0 Å².